The van der Waals surface area contributed by atoms with Gasteiger partial charge in [0.2, 0.25) is 0 Å². The van der Waals surface area contributed by atoms with Gasteiger partial charge in [-0.25, -0.2) is 4.39 Å². The molecule has 98 valence electrons. The summed E-state index contributed by atoms with van der Waals surface area (Å²) in [5.41, 5.74) is 10.4. The van der Waals surface area contributed by atoms with Crippen molar-refractivity contribution in [2.75, 3.05) is 11.4 Å². The van der Waals surface area contributed by atoms with Crippen LogP contribution in [0.3, 0.4) is 0 Å². The normalized spacial score (nSPS) is 15.4. The molecule has 1 atom stereocenters. The number of hydrogen-bond acceptors (Lipinski definition) is 2. The van der Waals surface area contributed by atoms with Gasteiger partial charge < -0.3 is 10.6 Å². The first kappa shape index (κ1) is 12.2. The van der Waals surface area contributed by atoms with Crippen LogP contribution < -0.4 is 10.6 Å². The summed E-state index contributed by atoms with van der Waals surface area (Å²) in [5, 5.41) is 0. The molecule has 0 aliphatic carbocycles. The molecule has 2 aromatic rings. The molecule has 0 fully saturated rings. The Kier molecular flexibility index (Phi) is 2.99. The van der Waals surface area contributed by atoms with Crippen LogP contribution in [-0.4, -0.2) is 6.54 Å². The smallest absolute Gasteiger partial charge is 0.123 e. The topological polar surface area (TPSA) is 29.3 Å². The Labute approximate surface area is 112 Å². The van der Waals surface area contributed by atoms with Crippen LogP contribution in [0.1, 0.15) is 24.1 Å². The highest BCUT2D eigenvalue weighted by Gasteiger charge is 2.22. The Bertz CT molecular complexity index is 607. The second-order valence-corrected chi connectivity index (χ2v) is 5.02. The van der Waals surface area contributed by atoms with Crippen LogP contribution in [-0.2, 0) is 6.42 Å². The van der Waals surface area contributed by atoms with Crippen molar-refractivity contribution >= 4 is 11.4 Å². The van der Waals surface area contributed by atoms with Gasteiger partial charge in [-0.1, -0.05) is 18.2 Å². The van der Waals surface area contributed by atoms with E-state index in [0.29, 0.717) is 0 Å². The molecule has 0 bridgehead atoms. The maximum absolute atomic E-state index is 13.4. The third-order valence-corrected chi connectivity index (χ3v) is 3.66. The van der Waals surface area contributed by atoms with E-state index in [9.17, 15) is 4.39 Å². The predicted molar refractivity (Wildman–Crippen MR) is 76.2 cm³/mol. The average molecular weight is 256 g/mol. The molecule has 2 nitrogen and oxygen atoms in total. The molecule has 1 aliphatic rings. The first-order valence-corrected chi connectivity index (χ1v) is 6.57. The van der Waals surface area contributed by atoms with Gasteiger partial charge in [0.25, 0.3) is 0 Å². The zero-order valence-corrected chi connectivity index (χ0v) is 10.9. The maximum Gasteiger partial charge on any atom is 0.123 e. The molecule has 2 aromatic carbocycles. The van der Waals surface area contributed by atoms with Crippen molar-refractivity contribution in [1.29, 1.82) is 0 Å². The van der Waals surface area contributed by atoms with Gasteiger partial charge >= 0.3 is 0 Å². The van der Waals surface area contributed by atoms with Gasteiger partial charge in [-0.15, -0.1) is 0 Å². The summed E-state index contributed by atoms with van der Waals surface area (Å²) in [5.74, 6) is -0.233. The number of nitrogens with zero attached hydrogens (tertiary/aromatic N) is 1. The lowest BCUT2D eigenvalue weighted by molar-refractivity contribution is 0.622. The van der Waals surface area contributed by atoms with Gasteiger partial charge in [0.15, 0.2) is 0 Å². The minimum absolute atomic E-state index is 0.182. The molecule has 0 radical (unpaired) electrons. The van der Waals surface area contributed by atoms with Gasteiger partial charge in [-0.05, 0) is 48.7 Å². The van der Waals surface area contributed by atoms with Crippen molar-refractivity contribution in [3.05, 3.63) is 59.4 Å². The van der Waals surface area contributed by atoms with Crippen LogP contribution in [0.2, 0.25) is 0 Å². The van der Waals surface area contributed by atoms with Gasteiger partial charge in [-0.3, -0.25) is 0 Å². The van der Waals surface area contributed by atoms with E-state index in [2.05, 4.69) is 23.1 Å². The zero-order valence-electron chi connectivity index (χ0n) is 10.9. The fraction of sp³-hybridized carbons (Fsp3) is 0.250. The molecule has 3 rings (SSSR count). The fourth-order valence-corrected chi connectivity index (χ4v) is 2.72. The minimum Gasteiger partial charge on any atom is -0.341 e. The second kappa shape index (κ2) is 4.67. The van der Waals surface area contributed by atoms with E-state index < -0.39 is 0 Å². The summed E-state index contributed by atoms with van der Waals surface area (Å²) in [6.07, 6.45) is 1.02. The summed E-state index contributed by atoms with van der Waals surface area (Å²) < 4.78 is 13.4. The Morgan fingerprint density at radius 2 is 1.95 bits per heavy atom. The first-order chi connectivity index (χ1) is 9.16. The summed E-state index contributed by atoms with van der Waals surface area (Å²) in [6.45, 7) is 2.81. The van der Waals surface area contributed by atoms with E-state index in [0.717, 1.165) is 24.2 Å². The Morgan fingerprint density at radius 1 is 1.16 bits per heavy atom. The molecule has 0 saturated carbocycles. The lowest BCUT2D eigenvalue weighted by atomic mass is 10.1. The molecule has 19 heavy (non-hydrogen) atoms. The number of benzene rings is 2. The molecule has 0 unspecified atom stereocenters. The minimum atomic E-state index is -0.233. The van der Waals surface area contributed by atoms with Crippen LogP contribution in [0, 0.1) is 5.82 Å². The van der Waals surface area contributed by atoms with Gasteiger partial charge in [0, 0.05) is 24.0 Å². The number of para-hydroxylation sites is 1. The average Bonchev–Trinajstić information content (AvgIpc) is 2.82. The van der Waals surface area contributed by atoms with Crippen molar-refractivity contribution < 1.29 is 4.39 Å². The standard InChI is InChI=1S/C16H17FN2/c1-11(18)14-10-13(17)6-7-16(14)19-9-8-12-4-2-3-5-15(12)19/h2-7,10-11H,8-9,18H2,1H3/t11-/m1/s1. The monoisotopic (exact) mass is 256 g/mol. The van der Waals surface area contributed by atoms with Crippen LogP contribution in [0.5, 0.6) is 0 Å². The zero-order chi connectivity index (χ0) is 13.4. The third-order valence-electron chi connectivity index (χ3n) is 3.66. The SMILES string of the molecule is C[C@@H](N)c1cc(F)ccc1N1CCc2ccccc21. The molecule has 0 amide bonds. The predicted octanol–water partition coefficient (Wildman–Crippen LogP) is 3.54. The van der Waals surface area contributed by atoms with E-state index >= 15 is 0 Å². The largest absolute Gasteiger partial charge is 0.341 e. The van der Waals surface area contributed by atoms with Crippen molar-refractivity contribution in [1.82, 2.24) is 0 Å². The van der Waals surface area contributed by atoms with Crippen molar-refractivity contribution in [3.8, 4) is 0 Å². The highest BCUT2D eigenvalue weighted by atomic mass is 19.1. The van der Waals surface area contributed by atoms with Crippen LogP contribution in [0.15, 0.2) is 42.5 Å². The van der Waals surface area contributed by atoms with E-state index in [4.69, 9.17) is 5.73 Å². The fourth-order valence-electron chi connectivity index (χ4n) is 2.72. The molecule has 2 N–H and O–H groups in total. The van der Waals surface area contributed by atoms with Crippen molar-refractivity contribution in [2.24, 2.45) is 5.73 Å². The molecular formula is C16H17FN2. The van der Waals surface area contributed by atoms with Crippen molar-refractivity contribution in [2.45, 2.75) is 19.4 Å². The Morgan fingerprint density at radius 3 is 2.74 bits per heavy atom. The lowest BCUT2D eigenvalue weighted by Crippen LogP contribution is -2.18. The molecule has 3 heteroatoms. The lowest BCUT2D eigenvalue weighted by Gasteiger charge is -2.24. The number of fused-ring (bicyclic) bond motifs is 1. The van der Waals surface area contributed by atoms with Gasteiger partial charge in [0.05, 0.1) is 0 Å². The van der Waals surface area contributed by atoms with E-state index in [1.807, 2.05) is 19.1 Å². The molecule has 0 spiro atoms. The highest BCUT2D eigenvalue weighted by Crippen LogP contribution is 2.37. The summed E-state index contributed by atoms with van der Waals surface area (Å²) in [6, 6.07) is 13.0. The van der Waals surface area contributed by atoms with Crippen molar-refractivity contribution in [3.63, 3.8) is 0 Å². The number of hydrogen-bond donors (Lipinski definition) is 1. The van der Waals surface area contributed by atoms with Crippen LogP contribution in [0.4, 0.5) is 15.8 Å². The molecule has 1 aliphatic heterocycles. The number of halogens is 1. The van der Waals surface area contributed by atoms with Crippen LogP contribution in [0.25, 0.3) is 0 Å². The first-order valence-electron chi connectivity index (χ1n) is 6.57. The molecule has 0 aromatic heterocycles. The molecule has 0 saturated heterocycles. The summed E-state index contributed by atoms with van der Waals surface area (Å²) in [4.78, 5) is 2.23. The third kappa shape index (κ3) is 2.10. The Hall–Kier alpha value is -1.87. The molecular weight excluding hydrogens is 239 g/mol. The number of nitrogens with two attached hydrogens (primary N) is 1. The van der Waals surface area contributed by atoms with Crippen LogP contribution >= 0.6 is 0 Å². The second-order valence-electron chi connectivity index (χ2n) is 5.02. The van der Waals surface area contributed by atoms with E-state index in [1.165, 1.54) is 17.3 Å². The number of anilines is 2. The maximum atomic E-state index is 13.4. The quantitative estimate of drug-likeness (QED) is 0.890. The Balaban J connectivity index is 2.09. The van der Waals surface area contributed by atoms with E-state index in [-0.39, 0.29) is 11.9 Å². The molecule has 1 heterocycles. The number of rotatable bonds is 2. The van der Waals surface area contributed by atoms with Gasteiger partial charge in [0.1, 0.15) is 5.82 Å². The highest BCUT2D eigenvalue weighted by molar-refractivity contribution is 5.72. The van der Waals surface area contributed by atoms with E-state index in [1.54, 1.807) is 6.07 Å². The summed E-state index contributed by atoms with van der Waals surface area (Å²) >= 11 is 0. The van der Waals surface area contributed by atoms with Gasteiger partial charge in [-0.2, -0.15) is 0 Å². The summed E-state index contributed by atoms with van der Waals surface area (Å²) in [7, 11) is 0.